The van der Waals surface area contributed by atoms with Gasteiger partial charge in [0.15, 0.2) is 0 Å². The van der Waals surface area contributed by atoms with Crippen molar-refractivity contribution in [3.63, 3.8) is 0 Å². The molecule has 0 saturated carbocycles. The van der Waals surface area contributed by atoms with Crippen LogP contribution in [0.25, 0.3) is 0 Å². The third-order valence-electron chi connectivity index (χ3n) is 6.82. The van der Waals surface area contributed by atoms with Gasteiger partial charge in [-0.1, -0.05) is 46.4 Å². The van der Waals surface area contributed by atoms with Crippen LogP contribution in [0.2, 0.25) is 0 Å². The van der Waals surface area contributed by atoms with Gasteiger partial charge in [0.2, 0.25) is 15.9 Å². The van der Waals surface area contributed by atoms with Crippen molar-refractivity contribution in [2.24, 2.45) is 10.8 Å². The zero-order valence-corrected chi connectivity index (χ0v) is 23.0. The first-order valence-electron chi connectivity index (χ1n) is 12.2. The summed E-state index contributed by atoms with van der Waals surface area (Å²) in [5.74, 6) is 0.234. The zero-order chi connectivity index (χ0) is 27.4. The average molecular weight is 528 g/mol. The van der Waals surface area contributed by atoms with Gasteiger partial charge in [-0.2, -0.15) is 4.31 Å². The van der Waals surface area contributed by atoms with Crippen molar-refractivity contribution in [3.05, 3.63) is 72.3 Å². The van der Waals surface area contributed by atoms with E-state index in [9.17, 15) is 18.0 Å². The summed E-state index contributed by atoms with van der Waals surface area (Å²) in [6, 6.07) is 13.4. The Morgan fingerprint density at radius 2 is 1.59 bits per heavy atom. The van der Waals surface area contributed by atoms with E-state index < -0.39 is 20.9 Å². The summed E-state index contributed by atoms with van der Waals surface area (Å²) in [7, 11) is -2.19. The lowest BCUT2D eigenvalue weighted by atomic mass is 9.67. The van der Waals surface area contributed by atoms with Crippen molar-refractivity contribution in [1.82, 2.24) is 14.9 Å². The first kappa shape index (κ1) is 28.4. The fourth-order valence-corrected chi connectivity index (χ4v) is 6.89. The van der Waals surface area contributed by atoms with Crippen molar-refractivity contribution in [1.29, 1.82) is 0 Å². The van der Waals surface area contributed by atoms with Gasteiger partial charge in [-0.15, -0.1) is 0 Å². The monoisotopic (exact) mass is 527 g/mol. The van der Waals surface area contributed by atoms with Gasteiger partial charge in [-0.25, -0.2) is 8.42 Å². The van der Waals surface area contributed by atoms with Crippen LogP contribution in [0.5, 0.6) is 5.75 Å². The minimum Gasteiger partial charge on any atom is -0.497 e. The summed E-state index contributed by atoms with van der Waals surface area (Å²) in [6.07, 6.45) is 1.89. The van der Waals surface area contributed by atoms with E-state index in [4.69, 9.17) is 4.74 Å². The Bertz CT molecular complexity index is 1220. The molecule has 1 aliphatic heterocycles. The standard InChI is InChI=1S/C28H37N3O5S/c1-7-24(32)30-26-27(2,3)18-31(19-28(26,4)5)37(34,35)23-14-10-21(11-15-23)25(33)29-17-16-20-8-12-22(36-6)13-9-20/h7-15,26H,1,16-19H2,2-6H3,(H,29,33)(H,30,32). The van der Waals surface area contributed by atoms with Crippen LogP contribution in [-0.2, 0) is 21.2 Å². The quantitative estimate of drug-likeness (QED) is 0.487. The maximum Gasteiger partial charge on any atom is 0.251 e. The van der Waals surface area contributed by atoms with E-state index in [1.165, 1.54) is 34.6 Å². The molecule has 0 unspecified atom stereocenters. The molecule has 200 valence electrons. The Morgan fingerprint density at radius 1 is 1.03 bits per heavy atom. The third-order valence-corrected chi connectivity index (χ3v) is 8.62. The number of ether oxygens (including phenoxy) is 1. The number of carbonyl (C=O) groups excluding carboxylic acids is 2. The van der Waals surface area contributed by atoms with Gasteiger partial charge in [-0.3, -0.25) is 9.59 Å². The van der Waals surface area contributed by atoms with Gasteiger partial charge < -0.3 is 15.4 Å². The molecule has 0 radical (unpaired) electrons. The Kier molecular flexibility index (Phi) is 8.49. The average Bonchev–Trinajstić information content (AvgIpc) is 2.86. The van der Waals surface area contributed by atoms with Crippen molar-refractivity contribution >= 4 is 21.8 Å². The molecule has 3 rings (SSSR count). The molecule has 37 heavy (non-hydrogen) atoms. The molecule has 1 fully saturated rings. The zero-order valence-electron chi connectivity index (χ0n) is 22.2. The number of hydrogen-bond acceptors (Lipinski definition) is 5. The highest BCUT2D eigenvalue weighted by Crippen LogP contribution is 2.42. The molecule has 0 atom stereocenters. The fourth-order valence-electron chi connectivity index (χ4n) is 5.11. The number of methoxy groups -OCH3 is 1. The molecule has 1 saturated heterocycles. The first-order valence-corrected chi connectivity index (χ1v) is 13.7. The molecule has 1 aliphatic rings. The predicted octanol–water partition coefficient (Wildman–Crippen LogP) is 3.40. The summed E-state index contributed by atoms with van der Waals surface area (Å²) in [6.45, 7) is 12.3. The van der Waals surface area contributed by atoms with Crippen molar-refractivity contribution in [2.75, 3.05) is 26.7 Å². The third kappa shape index (κ3) is 6.59. The number of nitrogens with one attached hydrogen (secondary N) is 2. The minimum atomic E-state index is -3.80. The van der Waals surface area contributed by atoms with Gasteiger partial charge in [0.25, 0.3) is 5.91 Å². The second-order valence-electron chi connectivity index (χ2n) is 10.8. The van der Waals surface area contributed by atoms with Crippen LogP contribution >= 0.6 is 0 Å². The van der Waals surface area contributed by atoms with Gasteiger partial charge in [0, 0.05) is 31.2 Å². The van der Waals surface area contributed by atoms with Crippen LogP contribution in [-0.4, -0.2) is 57.3 Å². The van der Waals surface area contributed by atoms with Crippen molar-refractivity contribution in [2.45, 2.75) is 45.1 Å². The Morgan fingerprint density at radius 3 is 2.11 bits per heavy atom. The number of sulfonamides is 1. The van der Waals surface area contributed by atoms with E-state index >= 15 is 0 Å². The summed E-state index contributed by atoms with van der Waals surface area (Å²) in [5.41, 5.74) is 0.426. The predicted molar refractivity (Wildman–Crippen MR) is 144 cm³/mol. The maximum atomic E-state index is 13.5. The number of carbonyl (C=O) groups is 2. The molecule has 0 spiro atoms. The number of benzene rings is 2. The lowest BCUT2D eigenvalue weighted by molar-refractivity contribution is -0.120. The molecular formula is C28H37N3O5S. The molecule has 1 heterocycles. The van der Waals surface area contributed by atoms with Crippen LogP contribution in [0.15, 0.2) is 66.1 Å². The van der Waals surface area contributed by atoms with Crippen LogP contribution in [0.3, 0.4) is 0 Å². The smallest absolute Gasteiger partial charge is 0.251 e. The van der Waals surface area contributed by atoms with E-state index in [1.54, 1.807) is 7.11 Å². The van der Waals surface area contributed by atoms with E-state index in [2.05, 4.69) is 17.2 Å². The highest BCUT2D eigenvalue weighted by Gasteiger charge is 2.50. The van der Waals surface area contributed by atoms with Crippen LogP contribution in [0.1, 0.15) is 43.6 Å². The summed E-state index contributed by atoms with van der Waals surface area (Å²) in [5, 5.41) is 5.86. The second kappa shape index (κ2) is 11.1. The fraction of sp³-hybridized carbons (Fsp3) is 0.429. The molecule has 0 aliphatic carbocycles. The van der Waals surface area contributed by atoms with Crippen LogP contribution in [0, 0.1) is 10.8 Å². The molecule has 2 amide bonds. The van der Waals surface area contributed by atoms with E-state index in [-0.39, 0.29) is 35.8 Å². The highest BCUT2D eigenvalue weighted by molar-refractivity contribution is 7.89. The molecule has 0 bridgehead atoms. The Labute approximate surface area is 220 Å². The summed E-state index contributed by atoms with van der Waals surface area (Å²) < 4.78 is 33.6. The van der Waals surface area contributed by atoms with Gasteiger partial charge in [0.1, 0.15) is 5.75 Å². The number of piperidine rings is 1. The Balaban J connectivity index is 1.66. The minimum absolute atomic E-state index is 0.127. The molecule has 8 nitrogen and oxygen atoms in total. The van der Waals surface area contributed by atoms with Gasteiger partial charge >= 0.3 is 0 Å². The van der Waals surface area contributed by atoms with Crippen LogP contribution in [0.4, 0.5) is 0 Å². The highest BCUT2D eigenvalue weighted by atomic mass is 32.2. The molecule has 0 aromatic heterocycles. The lowest BCUT2D eigenvalue weighted by Crippen LogP contribution is -2.64. The number of amides is 2. The second-order valence-corrected chi connectivity index (χ2v) is 12.7. The largest absolute Gasteiger partial charge is 0.497 e. The van der Waals surface area contributed by atoms with E-state index in [0.717, 1.165) is 11.3 Å². The van der Waals surface area contributed by atoms with E-state index in [0.29, 0.717) is 18.5 Å². The van der Waals surface area contributed by atoms with Crippen molar-refractivity contribution < 1.29 is 22.7 Å². The summed E-state index contributed by atoms with van der Waals surface area (Å²) >= 11 is 0. The maximum absolute atomic E-state index is 13.5. The number of hydrogen-bond donors (Lipinski definition) is 2. The Hall–Kier alpha value is -3.17. The van der Waals surface area contributed by atoms with Crippen LogP contribution < -0.4 is 15.4 Å². The van der Waals surface area contributed by atoms with Gasteiger partial charge in [0.05, 0.1) is 12.0 Å². The number of nitrogens with zero attached hydrogens (tertiary/aromatic N) is 1. The normalized spacial score (nSPS) is 17.5. The van der Waals surface area contributed by atoms with Crippen molar-refractivity contribution in [3.8, 4) is 5.75 Å². The molecule has 2 aromatic carbocycles. The summed E-state index contributed by atoms with van der Waals surface area (Å²) in [4.78, 5) is 24.7. The topological polar surface area (TPSA) is 105 Å². The SMILES string of the molecule is C=CC(=O)NC1C(C)(C)CN(S(=O)(=O)c2ccc(C(=O)NCCc3ccc(OC)cc3)cc2)CC1(C)C. The first-order chi connectivity index (χ1) is 17.3. The molecular weight excluding hydrogens is 490 g/mol. The molecule has 9 heteroatoms. The van der Waals surface area contributed by atoms with Gasteiger partial charge in [-0.05, 0) is 65.3 Å². The van der Waals surface area contributed by atoms with E-state index in [1.807, 2.05) is 52.0 Å². The lowest BCUT2D eigenvalue weighted by Gasteiger charge is -2.52. The molecule has 2 N–H and O–H groups in total. The number of rotatable bonds is 9. The molecule has 2 aromatic rings.